The third-order valence-electron chi connectivity index (χ3n) is 1.93. The van der Waals surface area contributed by atoms with E-state index >= 15 is 0 Å². The number of nitrogens with one attached hydrogen (secondary N) is 1. The molecule has 1 amide bonds. The van der Waals surface area contributed by atoms with Crippen LogP contribution in [0.4, 0.5) is 0 Å². The third-order valence-corrected chi connectivity index (χ3v) is 2.46. The Morgan fingerprint density at radius 1 is 1.29 bits per heavy atom. The Balaban J connectivity index is 3.05. The Labute approximate surface area is 108 Å². The number of amides is 1. The number of hydrogen-bond acceptors (Lipinski definition) is 3. The van der Waals surface area contributed by atoms with Crippen molar-refractivity contribution in [2.45, 2.75) is 6.92 Å². The Bertz CT molecular complexity index is 451. The minimum absolute atomic E-state index is 0.247. The fourth-order valence-electron chi connectivity index (χ4n) is 1.19. The van der Waals surface area contributed by atoms with E-state index in [9.17, 15) is 9.59 Å². The van der Waals surface area contributed by atoms with Gasteiger partial charge in [-0.2, -0.15) is 0 Å². The van der Waals surface area contributed by atoms with Crippen LogP contribution in [0.5, 0.6) is 0 Å². The fraction of sp³-hybridized carbons (Fsp3) is 0.167. The molecule has 90 valence electrons. The van der Waals surface area contributed by atoms with Gasteiger partial charge < -0.3 is 10.1 Å². The van der Waals surface area contributed by atoms with E-state index in [1.807, 2.05) is 12.1 Å². The van der Waals surface area contributed by atoms with E-state index in [4.69, 9.17) is 0 Å². The normalized spacial score (nSPS) is 10.9. The van der Waals surface area contributed by atoms with Crippen molar-refractivity contribution in [3.63, 3.8) is 0 Å². The molecule has 0 fully saturated rings. The second-order valence-corrected chi connectivity index (χ2v) is 4.18. The number of benzene rings is 1. The zero-order valence-electron chi connectivity index (χ0n) is 9.49. The van der Waals surface area contributed by atoms with Gasteiger partial charge in [0, 0.05) is 17.5 Å². The van der Waals surface area contributed by atoms with Gasteiger partial charge in [-0.3, -0.25) is 4.79 Å². The fourth-order valence-corrected chi connectivity index (χ4v) is 1.45. The minimum atomic E-state index is -0.517. The van der Waals surface area contributed by atoms with E-state index < -0.39 is 5.97 Å². The lowest BCUT2D eigenvalue weighted by Gasteiger charge is -2.08. The molecule has 1 N–H and O–H groups in total. The van der Waals surface area contributed by atoms with Crippen LogP contribution in [0.3, 0.4) is 0 Å². The summed E-state index contributed by atoms with van der Waals surface area (Å²) in [5, 5.41) is 2.59. The summed E-state index contributed by atoms with van der Waals surface area (Å²) in [4.78, 5) is 22.2. The quantitative estimate of drug-likeness (QED) is 0.687. The van der Waals surface area contributed by atoms with E-state index in [0.717, 1.165) is 10.0 Å². The van der Waals surface area contributed by atoms with Crippen molar-refractivity contribution >= 4 is 33.5 Å². The Morgan fingerprint density at radius 2 is 1.88 bits per heavy atom. The molecule has 0 spiro atoms. The molecule has 0 aliphatic heterocycles. The van der Waals surface area contributed by atoms with Crippen LogP contribution < -0.4 is 5.32 Å². The van der Waals surface area contributed by atoms with Crippen LogP contribution in [0.25, 0.3) is 5.70 Å². The Hall–Kier alpha value is -1.62. The highest BCUT2D eigenvalue weighted by Crippen LogP contribution is 2.16. The first-order chi connectivity index (χ1) is 8.02. The zero-order valence-corrected chi connectivity index (χ0v) is 11.1. The maximum Gasteiger partial charge on any atom is 0.332 e. The second-order valence-electron chi connectivity index (χ2n) is 3.27. The van der Waals surface area contributed by atoms with Crippen molar-refractivity contribution in [1.82, 2.24) is 5.32 Å². The number of carbonyl (C=O) groups excluding carboxylic acids is 2. The molecule has 1 aromatic rings. The van der Waals surface area contributed by atoms with Gasteiger partial charge in [0.15, 0.2) is 0 Å². The van der Waals surface area contributed by atoms with Gasteiger partial charge in [-0.05, 0) is 17.7 Å². The number of rotatable bonds is 3. The molecule has 0 aromatic heterocycles. The number of esters is 1. The van der Waals surface area contributed by atoms with Crippen LogP contribution >= 0.6 is 15.9 Å². The van der Waals surface area contributed by atoms with Crippen molar-refractivity contribution in [2.75, 3.05) is 7.11 Å². The SMILES string of the molecule is COC(=O)C=C(NC(C)=O)c1ccc(Br)cc1. The highest BCUT2D eigenvalue weighted by molar-refractivity contribution is 9.10. The lowest BCUT2D eigenvalue weighted by atomic mass is 10.1. The van der Waals surface area contributed by atoms with Crippen molar-refractivity contribution in [1.29, 1.82) is 0 Å². The largest absolute Gasteiger partial charge is 0.466 e. The van der Waals surface area contributed by atoms with Crippen LogP contribution in [0.2, 0.25) is 0 Å². The first-order valence-electron chi connectivity index (χ1n) is 4.86. The number of methoxy groups -OCH3 is 1. The minimum Gasteiger partial charge on any atom is -0.466 e. The third kappa shape index (κ3) is 4.40. The van der Waals surface area contributed by atoms with Crippen molar-refractivity contribution in [3.8, 4) is 0 Å². The predicted molar refractivity (Wildman–Crippen MR) is 68.0 cm³/mol. The smallest absolute Gasteiger partial charge is 0.332 e. The van der Waals surface area contributed by atoms with Gasteiger partial charge in [-0.1, -0.05) is 28.1 Å². The highest BCUT2D eigenvalue weighted by atomic mass is 79.9. The van der Waals surface area contributed by atoms with E-state index in [1.165, 1.54) is 20.1 Å². The van der Waals surface area contributed by atoms with Crippen molar-refractivity contribution in [2.24, 2.45) is 0 Å². The number of halogens is 1. The van der Waals surface area contributed by atoms with E-state index in [-0.39, 0.29) is 5.91 Å². The average Bonchev–Trinajstić information content (AvgIpc) is 2.28. The standard InChI is InChI=1S/C12H12BrNO3/c1-8(15)14-11(7-12(16)17-2)9-3-5-10(13)6-4-9/h3-7H,1-2H3,(H,14,15). The molecule has 0 saturated heterocycles. The van der Waals surface area contributed by atoms with Gasteiger partial charge >= 0.3 is 5.97 Å². The first-order valence-corrected chi connectivity index (χ1v) is 5.65. The maximum absolute atomic E-state index is 11.2. The lowest BCUT2D eigenvalue weighted by Crippen LogP contribution is -2.19. The summed E-state index contributed by atoms with van der Waals surface area (Å²) in [6.07, 6.45) is 1.24. The molecule has 4 nitrogen and oxygen atoms in total. The molecular weight excluding hydrogens is 286 g/mol. The summed E-state index contributed by atoms with van der Waals surface area (Å²) in [7, 11) is 1.28. The van der Waals surface area contributed by atoms with Crippen molar-refractivity contribution in [3.05, 3.63) is 40.4 Å². The summed E-state index contributed by atoms with van der Waals surface area (Å²) < 4.78 is 5.45. The molecule has 0 heterocycles. The predicted octanol–water partition coefficient (Wildman–Crippen LogP) is 2.10. The second kappa shape index (κ2) is 6.20. The van der Waals surface area contributed by atoms with E-state index in [1.54, 1.807) is 12.1 Å². The molecule has 17 heavy (non-hydrogen) atoms. The van der Waals surface area contributed by atoms with Crippen LogP contribution in [0.15, 0.2) is 34.8 Å². The topological polar surface area (TPSA) is 55.4 Å². The molecule has 0 saturated carbocycles. The van der Waals surface area contributed by atoms with Crippen LogP contribution in [-0.2, 0) is 14.3 Å². The van der Waals surface area contributed by atoms with Gasteiger partial charge in [0.05, 0.1) is 12.8 Å². The lowest BCUT2D eigenvalue weighted by molar-refractivity contribution is -0.134. The Kier molecular flexibility index (Phi) is 4.90. The molecule has 0 radical (unpaired) electrons. The van der Waals surface area contributed by atoms with Gasteiger partial charge in [-0.15, -0.1) is 0 Å². The van der Waals surface area contributed by atoms with E-state index in [2.05, 4.69) is 26.0 Å². The van der Waals surface area contributed by atoms with Gasteiger partial charge in [-0.25, -0.2) is 4.79 Å². The van der Waals surface area contributed by atoms with Gasteiger partial charge in [0.25, 0.3) is 0 Å². The number of ether oxygens (including phenoxy) is 1. The molecule has 0 aliphatic carbocycles. The molecule has 1 aromatic carbocycles. The number of hydrogen-bond donors (Lipinski definition) is 1. The summed E-state index contributed by atoms with van der Waals surface area (Å²) in [5.41, 5.74) is 1.14. The van der Waals surface area contributed by atoms with E-state index in [0.29, 0.717) is 5.70 Å². The zero-order chi connectivity index (χ0) is 12.8. The van der Waals surface area contributed by atoms with Gasteiger partial charge in [0.1, 0.15) is 0 Å². The summed E-state index contributed by atoms with van der Waals surface area (Å²) in [6.45, 7) is 1.38. The monoisotopic (exact) mass is 297 g/mol. The maximum atomic E-state index is 11.2. The van der Waals surface area contributed by atoms with Gasteiger partial charge in [0.2, 0.25) is 5.91 Å². The summed E-state index contributed by atoms with van der Waals surface area (Å²) in [6, 6.07) is 7.22. The highest BCUT2D eigenvalue weighted by Gasteiger charge is 2.06. The Morgan fingerprint density at radius 3 is 2.35 bits per heavy atom. The summed E-state index contributed by atoms with van der Waals surface area (Å²) >= 11 is 3.31. The van der Waals surface area contributed by atoms with Crippen LogP contribution in [0.1, 0.15) is 12.5 Å². The molecule has 5 heteroatoms. The molecule has 0 bridgehead atoms. The molecular formula is C12H12BrNO3. The first kappa shape index (κ1) is 13.4. The summed E-state index contributed by atoms with van der Waals surface area (Å²) in [5.74, 6) is -0.764. The van der Waals surface area contributed by atoms with Crippen molar-refractivity contribution < 1.29 is 14.3 Å². The molecule has 1 rings (SSSR count). The molecule has 0 aliphatic rings. The van der Waals surface area contributed by atoms with Crippen LogP contribution in [0, 0.1) is 0 Å². The molecule has 0 atom stereocenters. The van der Waals surface area contributed by atoms with Crippen LogP contribution in [-0.4, -0.2) is 19.0 Å². The number of carbonyl (C=O) groups is 2. The molecule has 0 unspecified atom stereocenters. The average molecular weight is 298 g/mol.